The minimum atomic E-state index is -0.468. The lowest BCUT2D eigenvalue weighted by Crippen LogP contribution is -2.46. The highest BCUT2D eigenvalue weighted by molar-refractivity contribution is 5.75. The highest BCUT2D eigenvalue weighted by Gasteiger charge is 2.30. The quantitative estimate of drug-likeness (QED) is 0.357. The van der Waals surface area contributed by atoms with Crippen molar-refractivity contribution in [3.8, 4) is 0 Å². The molecule has 0 saturated carbocycles. The number of nitrogens with zero attached hydrogens (tertiary/aromatic N) is 5. The normalized spacial score (nSPS) is 20.1. The van der Waals surface area contributed by atoms with Crippen LogP contribution in [0, 0.1) is 0 Å². The van der Waals surface area contributed by atoms with Gasteiger partial charge in [-0.05, 0) is 103 Å². The Hall–Kier alpha value is -2.93. The van der Waals surface area contributed by atoms with Gasteiger partial charge in [-0.15, -0.1) is 0 Å². The van der Waals surface area contributed by atoms with Gasteiger partial charge in [0.2, 0.25) is 0 Å². The van der Waals surface area contributed by atoms with Gasteiger partial charge in [0.1, 0.15) is 11.4 Å². The third-order valence-corrected chi connectivity index (χ3v) is 8.00. The van der Waals surface area contributed by atoms with E-state index in [1.165, 1.54) is 29.6 Å². The number of aryl methyl sites for hydroxylation is 2. The molecule has 7 heteroatoms. The first-order chi connectivity index (χ1) is 18.3. The number of carbonyl (C=O) groups excluding carboxylic acids is 1. The third kappa shape index (κ3) is 6.04. The Morgan fingerprint density at radius 3 is 2.79 bits per heavy atom. The second-order valence-corrected chi connectivity index (χ2v) is 12.0. The number of hydrogen-bond donors (Lipinski definition) is 0. The Bertz CT molecular complexity index is 1250. The number of carbonyl (C=O) groups is 1. The molecule has 0 radical (unpaired) electrons. The van der Waals surface area contributed by atoms with Crippen molar-refractivity contribution in [3.63, 3.8) is 0 Å². The first-order valence-corrected chi connectivity index (χ1v) is 14.4. The number of aromatic nitrogens is 3. The number of fused-ring (bicyclic) bond motifs is 2. The second kappa shape index (κ2) is 11.4. The molecule has 1 aliphatic carbocycles. The van der Waals surface area contributed by atoms with E-state index in [-0.39, 0.29) is 12.1 Å². The summed E-state index contributed by atoms with van der Waals surface area (Å²) in [6.45, 7) is 8.28. The Kier molecular flexibility index (Phi) is 8.03. The Balaban J connectivity index is 1.30. The van der Waals surface area contributed by atoms with Gasteiger partial charge in [-0.25, -0.2) is 9.78 Å². The highest BCUT2D eigenvalue weighted by atomic mass is 16.6. The molecule has 3 aromatic rings. The summed E-state index contributed by atoms with van der Waals surface area (Å²) < 4.78 is 8.12. The van der Waals surface area contributed by atoms with Crippen LogP contribution in [0.25, 0.3) is 11.0 Å². The lowest BCUT2D eigenvalue weighted by molar-refractivity contribution is 0.00852. The summed E-state index contributed by atoms with van der Waals surface area (Å²) in [6.07, 6.45) is 10.4. The molecule has 0 N–H and O–H groups in total. The van der Waals surface area contributed by atoms with Crippen molar-refractivity contribution in [1.29, 1.82) is 0 Å². The van der Waals surface area contributed by atoms with Crippen LogP contribution in [0.1, 0.15) is 88.8 Å². The highest BCUT2D eigenvalue weighted by Crippen LogP contribution is 2.33. The fourth-order valence-electron chi connectivity index (χ4n) is 6.19. The van der Waals surface area contributed by atoms with Crippen molar-refractivity contribution in [2.24, 2.45) is 0 Å². The van der Waals surface area contributed by atoms with E-state index >= 15 is 0 Å². The van der Waals surface area contributed by atoms with Crippen LogP contribution in [0.5, 0.6) is 0 Å². The van der Waals surface area contributed by atoms with Crippen molar-refractivity contribution in [2.45, 2.75) is 103 Å². The van der Waals surface area contributed by atoms with E-state index in [9.17, 15) is 4.79 Å². The van der Waals surface area contributed by atoms with Crippen molar-refractivity contribution >= 4 is 17.1 Å². The van der Waals surface area contributed by atoms with E-state index in [1.54, 1.807) is 0 Å². The van der Waals surface area contributed by atoms with E-state index in [0.29, 0.717) is 6.04 Å². The molecule has 1 aromatic carbocycles. The smallest absolute Gasteiger partial charge is 0.410 e. The van der Waals surface area contributed by atoms with Gasteiger partial charge in [0.15, 0.2) is 0 Å². The molecular weight excluding hydrogens is 474 g/mol. The molecule has 0 bridgehead atoms. The number of pyridine rings is 1. The second-order valence-electron chi connectivity index (χ2n) is 12.0. The summed E-state index contributed by atoms with van der Waals surface area (Å²) >= 11 is 0. The number of ether oxygens (including phenoxy) is 1. The van der Waals surface area contributed by atoms with Gasteiger partial charge in [0, 0.05) is 25.3 Å². The number of likely N-dealkylation sites (tertiary alicyclic amines) is 1. The summed E-state index contributed by atoms with van der Waals surface area (Å²) in [5.74, 6) is 1.10. The van der Waals surface area contributed by atoms with Crippen LogP contribution in [0.4, 0.5) is 4.79 Å². The number of piperidine rings is 1. The topological polar surface area (TPSA) is 63.5 Å². The molecule has 1 amide bonds. The van der Waals surface area contributed by atoms with Gasteiger partial charge in [0.05, 0.1) is 29.3 Å². The summed E-state index contributed by atoms with van der Waals surface area (Å²) in [6, 6.07) is 13.3. The van der Waals surface area contributed by atoms with Crippen molar-refractivity contribution in [1.82, 2.24) is 24.3 Å². The van der Waals surface area contributed by atoms with E-state index < -0.39 is 5.60 Å². The minimum Gasteiger partial charge on any atom is -0.444 e. The van der Waals surface area contributed by atoms with E-state index in [1.807, 2.05) is 31.9 Å². The molecule has 2 aromatic heterocycles. The van der Waals surface area contributed by atoms with E-state index in [0.717, 1.165) is 69.5 Å². The van der Waals surface area contributed by atoms with E-state index in [2.05, 4.69) is 52.9 Å². The van der Waals surface area contributed by atoms with Gasteiger partial charge >= 0.3 is 6.09 Å². The maximum Gasteiger partial charge on any atom is 0.410 e. The lowest BCUT2D eigenvalue weighted by atomic mass is 9.91. The van der Waals surface area contributed by atoms with E-state index in [4.69, 9.17) is 14.7 Å². The third-order valence-electron chi connectivity index (χ3n) is 8.00. The average Bonchev–Trinajstić information content (AvgIpc) is 3.24. The number of hydrogen-bond acceptors (Lipinski definition) is 5. The Morgan fingerprint density at radius 1 is 1.11 bits per heavy atom. The molecule has 7 nitrogen and oxygen atoms in total. The van der Waals surface area contributed by atoms with Crippen molar-refractivity contribution in [2.75, 3.05) is 13.6 Å². The summed E-state index contributed by atoms with van der Waals surface area (Å²) in [7, 11) is 2.21. The lowest BCUT2D eigenvalue weighted by Gasteiger charge is -2.37. The predicted molar refractivity (Wildman–Crippen MR) is 151 cm³/mol. The molecule has 2 atom stereocenters. The molecule has 3 heterocycles. The SMILES string of the molecule is CN(Cc1nc2ccccc2n1CCCC1CCCCN1C(=O)OC(C)(C)C)C1CCCc2cccnc21. The van der Waals surface area contributed by atoms with Crippen LogP contribution in [0.3, 0.4) is 0 Å². The zero-order valence-corrected chi connectivity index (χ0v) is 23.5. The van der Waals surface area contributed by atoms with Crippen molar-refractivity contribution in [3.05, 3.63) is 59.7 Å². The Labute approximate surface area is 227 Å². The number of imidazole rings is 1. The molecular formula is C31H43N5O2. The number of rotatable bonds is 7. The van der Waals surface area contributed by atoms with Crippen LogP contribution < -0.4 is 0 Å². The fraction of sp³-hybridized carbons (Fsp3) is 0.581. The van der Waals surface area contributed by atoms with Gasteiger partial charge in [0.25, 0.3) is 0 Å². The average molecular weight is 518 g/mol. The summed E-state index contributed by atoms with van der Waals surface area (Å²) in [5, 5.41) is 0. The molecule has 0 spiro atoms. The maximum atomic E-state index is 12.9. The van der Waals surface area contributed by atoms with Gasteiger partial charge in [-0.1, -0.05) is 18.2 Å². The van der Waals surface area contributed by atoms with Crippen LogP contribution in [-0.2, 0) is 24.2 Å². The Morgan fingerprint density at radius 2 is 1.95 bits per heavy atom. The monoisotopic (exact) mass is 517 g/mol. The fourth-order valence-corrected chi connectivity index (χ4v) is 6.19. The van der Waals surface area contributed by atoms with Crippen LogP contribution in [0.15, 0.2) is 42.6 Å². The van der Waals surface area contributed by atoms with Gasteiger partial charge < -0.3 is 14.2 Å². The summed E-state index contributed by atoms with van der Waals surface area (Å²) in [4.78, 5) is 27.1. The molecule has 2 unspecified atom stereocenters. The molecule has 1 saturated heterocycles. The van der Waals surface area contributed by atoms with Crippen LogP contribution >= 0.6 is 0 Å². The van der Waals surface area contributed by atoms with Crippen LogP contribution in [0.2, 0.25) is 0 Å². The number of benzene rings is 1. The first kappa shape index (κ1) is 26.7. The largest absolute Gasteiger partial charge is 0.444 e. The number of para-hydroxylation sites is 2. The van der Waals surface area contributed by atoms with Crippen molar-refractivity contribution < 1.29 is 9.53 Å². The first-order valence-electron chi connectivity index (χ1n) is 14.4. The molecule has 2 aliphatic rings. The standard InChI is InChI=1S/C31H43N5O2/c1-31(2,3)38-30(37)35-20-8-7-14-24(35)15-11-21-36-26-17-6-5-16-25(26)33-28(36)22-34(4)27-18-9-12-23-13-10-19-32-29(23)27/h5-6,10,13,16-17,19,24,27H,7-9,11-12,14-15,18,20-22H2,1-4H3. The van der Waals surface area contributed by atoms with Gasteiger partial charge in [-0.3, -0.25) is 9.88 Å². The predicted octanol–water partition coefficient (Wildman–Crippen LogP) is 6.51. The van der Waals surface area contributed by atoms with Crippen LogP contribution in [-0.4, -0.2) is 55.7 Å². The number of amides is 1. The zero-order chi connectivity index (χ0) is 26.7. The molecule has 38 heavy (non-hydrogen) atoms. The maximum absolute atomic E-state index is 12.9. The molecule has 204 valence electrons. The minimum absolute atomic E-state index is 0.168. The zero-order valence-electron chi connectivity index (χ0n) is 23.5. The molecule has 1 fully saturated rings. The summed E-state index contributed by atoms with van der Waals surface area (Å²) in [5.41, 5.74) is 4.37. The van der Waals surface area contributed by atoms with Gasteiger partial charge in [-0.2, -0.15) is 0 Å². The molecule has 5 rings (SSSR count). The molecule has 1 aliphatic heterocycles.